The second-order valence-electron chi connectivity index (χ2n) is 7.24. The van der Waals surface area contributed by atoms with Crippen LogP contribution in [0.25, 0.3) is 0 Å². The molecule has 2 aliphatic rings. The number of fused-ring (bicyclic) bond motifs is 2. The van der Waals surface area contributed by atoms with Crippen LogP contribution in [-0.2, 0) is 12.1 Å². The maximum atomic E-state index is 13.5. The van der Waals surface area contributed by atoms with E-state index >= 15 is 0 Å². The summed E-state index contributed by atoms with van der Waals surface area (Å²) in [4.78, 5) is 34.6. The van der Waals surface area contributed by atoms with Crippen molar-refractivity contribution in [1.29, 1.82) is 0 Å². The molecule has 0 aliphatic carbocycles. The van der Waals surface area contributed by atoms with Crippen molar-refractivity contribution in [3.05, 3.63) is 82.0 Å². The Bertz CT molecular complexity index is 1130. The number of hydrogen-bond acceptors (Lipinski definition) is 5. The molecule has 5 rings (SSSR count). The smallest absolute Gasteiger partial charge is 0.274 e. The first-order valence-electron chi connectivity index (χ1n) is 9.27. The molecular weight excluding hydrogens is 392 g/mol. The number of carbonyl (C=O) groups is 2. The van der Waals surface area contributed by atoms with E-state index in [4.69, 9.17) is 16.1 Å². The van der Waals surface area contributed by atoms with Crippen molar-refractivity contribution in [3.8, 4) is 0 Å². The van der Waals surface area contributed by atoms with E-state index in [-0.39, 0.29) is 11.8 Å². The Hall–Kier alpha value is -3.19. The van der Waals surface area contributed by atoms with Gasteiger partial charge in [-0.2, -0.15) is 0 Å². The summed E-state index contributed by atoms with van der Waals surface area (Å²) < 4.78 is 4.99. The summed E-state index contributed by atoms with van der Waals surface area (Å²) in [6, 6.07) is 11.0. The van der Waals surface area contributed by atoms with Gasteiger partial charge in [0, 0.05) is 30.7 Å². The van der Waals surface area contributed by atoms with Crippen LogP contribution in [0.2, 0.25) is 5.02 Å². The summed E-state index contributed by atoms with van der Waals surface area (Å²) in [5.41, 5.74) is 2.02. The van der Waals surface area contributed by atoms with Gasteiger partial charge in [-0.15, -0.1) is 0 Å². The molecule has 7 nitrogen and oxygen atoms in total. The molecule has 2 aliphatic heterocycles. The number of aromatic nitrogens is 2. The SMILES string of the molecule is Cc1nocc1C(=O)N1CCN2C(=O)c3ncccc3CC12c1ccc(Cl)cc1. The van der Waals surface area contributed by atoms with Crippen LogP contribution >= 0.6 is 11.6 Å². The Labute approximate surface area is 171 Å². The molecule has 3 aromatic rings. The molecule has 2 aromatic heterocycles. The average molecular weight is 409 g/mol. The zero-order valence-electron chi connectivity index (χ0n) is 15.6. The second-order valence-corrected chi connectivity index (χ2v) is 7.68. The van der Waals surface area contributed by atoms with Crippen LogP contribution < -0.4 is 0 Å². The molecular formula is C21H17ClN4O3. The number of carbonyl (C=O) groups excluding carboxylic acids is 2. The Morgan fingerprint density at radius 1 is 1.21 bits per heavy atom. The minimum atomic E-state index is -0.960. The highest BCUT2D eigenvalue weighted by molar-refractivity contribution is 6.30. The summed E-state index contributed by atoms with van der Waals surface area (Å²) in [7, 11) is 0. The number of amides is 2. The minimum absolute atomic E-state index is 0.181. The number of hydrogen-bond donors (Lipinski definition) is 0. The van der Waals surface area contributed by atoms with Gasteiger partial charge in [-0.05, 0) is 36.2 Å². The fraction of sp³-hybridized carbons (Fsp3) is 0.238. The zero-order chi connectivity index (χ0) is 20.2. The lowest BCUT2D eigenvalue weighted by Gasteiger charge is -2.46. The number of rotatable bonds is 2. The van der Waals surface area contributed by atoms with Gasteiger partial charge in [-0.1, -0.05) is 35.0 Å². The number of halogens is 1. The first-order valence-corrected chi connectivity index (χ1v) is 9.65. The quantitative estimate of drug-likeness (QED) is 0.651. The van der Waals surface area contributed by atoms with Gasteiger partial charge < -0.3 is 14.3 Å². The van der Waals surface area contributed by atoms with Crippen molar-refractivity contribution in [2.24, 2.45) is 0 Å². The standard InChI is InChI=1S/C21H17ClN4O3/c1-13-17(12-29-24-13)19(27)25-9-10-26-20(28)18-14(3-2-8-23-18)11-21(25,26)15-4-6-16(22)7-5-15/h2-8,12H,9-11H2,1H3. The molecule has 0 N–H and O–H groups in total. The Morgan fingerprint density at radius 3 is 2.72 bits per heavy atom. The molecule has 0 radical (unpaired) electrons. The molecule has 0 bridgehead atoms. The fourth-order valence-corrected chi connectivity index (χ4v) is 4.51. The third-order valence-electron chi connectivity index (χ3n) is 5.75. The molecule has 1 atom stereocenters. The van der Waals surface area contributed by atoms with Crippen molar-refractivity contribution >= 4 is 23.4 Å². The highest BCUT2D eigenvalue weighted by Gasteiger charge is 2.56. The first kappa shape index (κ1) is 17.9. The monoisotopic (exact) mass is 408 g/mol. The van der Waals surface area contributed by atoms with E-state index in [1.54, 1.807) is 35.1 Å². The van der Waals surface area contributed by atoms with E-state index in [0.29, 0.717) is 41.5 Å². The molecule has 8 heteroatoms. The largest absolute Gasteiger partial charge is 0.364 e. The van der Waals surface area contributed by atoms with Crippen LogP contribution in [0.1, 0.15) is 37.7 Å². The van der Waals surface area contributed by atoms with Gasteiger partial charge in [0.2, 0.25) is 0 Å². The van der Waals surface area contributed by atoms with Crippen LogP contribution in [0.3, 0.4) is 0 Å². The fourth-order valence-electron chi connectivity index (χ4n) is 4.39. The zero-order valence-corrected chi connectivity index (χ0v) is 16.4. The minimum Gasteiger partial charge on any atom is -0.364 e. The average Bonchev–Trinajstić information content (AvgIpc) is 3.33. The highest BCUT2D eigenvalue weighted by atomic mass is 35.5. The number of benzene rings is 1. The van der Waals surface area contributed by atoms with Crippen molar-refractivity contribution in [2.75, 3.05) is 13.1 Å². The number of nitrogens with zero attached hydrogens (tertiary/aromatic N) is 4. The molecule has 4 heterocycles. The Balaban J connectivity index is 1.71. The molecule has 146 valence electrons. The van der Waals surface area contributed by atoms with Crippen molar-refractivity contribution in [2.45, 2.75) is 19.0 Å². The lowest BCUT2D eigenvalue weighted by Crippen LogP contribution is -2.58. The van der Waals surface area contributed by atoms with E-state index in [2.05, 4.69) is 10.1 Å². The summed E-state index contributed by atoms with van der Waals surface area (Å²) in [5, 5.41) is 4.43. The van der Waals surface area contributed by atoms with E-state index in [1.165, 1.54) is 6.26 Å². The molecule has 2 amide bonds. The summed E-state index contributed by atoms with van der Waals surface area (Å²) >= 11 is 6.11. The van der Waals surface area contributed by atoms with Crippen molar-refractivity contribution in [3.63, 3.8) is 0 Å². The van der Waals surface area contributed by atoms with Gasteiger partial charge in [0.25, 0.3) is 11.8 Å². The van der Waals surface area contributed by atoms with E-state index in [1.807, 2.05) is 24.3 Å². The van der Waals surface area contributed by atoms with Gasteiger partial charge in [0.1, 0.15) is 23.2 Å². The van der Waals surface area contributed by atoms with E-state index in [0.717, 1.165) is 11.1 Å². The van der Waals surface area contributed by atoms with E-state index < -0.39 is 5.66 Å². The van der Waals surface area contributed by atoms with Crippen LogP contribution in [0, 0.1) is 6.92 Å². The van der Waals surface area contributed by atoms with Crippen LogP contribution in [0.15, 0.2) is 53.4 Å². The van der Waals surface area contributed by atoms with E-state index in [9.17, 15) is 9.59 Å². The van der Waals surface area contributed by atoms with Gasteiger partial charge in [-0.3, -0.25) is 14.6 Å². The van der Waals surface area contributed by atoms with Gasteiger partial charge >= 0.3 is 0 Å². The molecule has 1 fully saturated rings. The third kappa shape index (κ3) is 2.50. The Morgan fingerprint density at radius 2 is 2.00 bits per heavy atom. The van der Waals surface area contributed by atoms with Crippen molar-refractivity contribution < 1.29 is 14.1 Å². The molecule has 1 aromatic carbocycles. The van der Waals surface area contributed by atoms with Crippen molar-refractivity contribution in [1.82, 2.24) is 19.9 Å². The predicted octanol–water partition coefficient (Wildman–Crippen LogP) is 3.04. The van der Waals surface area contributed by atoms with Gasteiger partial charge in [0.15, 0.2) is 0 Å². The summed E-state index contributed by atoms with van der Waals surface area (Å²) in [5.74, 6) is -0.402. The topological polar surface area (TPSA) is 79.5 Å². The maximum absolute atomic E-state index is 13.5. The predicted molar refractivity (Wildman–Crippen MR) is 104 cm³/mol. The van der Waals surface area contributed by atoms with Crippen LogP contribution in [-0.4, -0.2) is 44.8 Å². The maximum Gasteiger partial charge on any atom is 0.274 e. The highest BCUT2D eigenvalue weighted by Crippen LogP contribution is 2.45. The molecule has 29 heavy (non-hydrogen) atoms. The van der Waals surface area contributed by atoms with Crippen LogP contribution in [0.5, 0.6) is 0 Å². The van der Waals surface area contributed by atoms with Crippen LogP contribution in [0.4, 0.5) is 0 Å². The number of aryl methyl sites for hydroxylation is 1. The lowest BCUT2D eigenvalue weighted by molar-refractivity contribution is 0.00710. The molecule has 1 saturated heterocycles. The molecule has 1 unspecified atom stereocenters. The first-order chi connectivity index (χ1) is 14.0. The number of pyridine rings is 1. The second kappa shape index (κ2) is 6.42. The normalized spacial score (nSPS) is 20.6. The molecule has 0 saturated carbocycles. The third-order valence-corrected chi connectivity index (χ3v) is 6.00. The molecule has 0 spiro atoms. The van der Waals surface area contributed by atoms with Gasteiger partial charge in [-0.25, -0.2) is 0 Å². The Kier molecular flexibility index (Phi) is 3.96. The summed E-state index contributed by atoms with van der Waals surface area (Å²) in [6.07, 6.45) is 3.42. The lowest BCUT2D eigenvalue weighted by atomic mass is 9.85. The summed E-state index contributed by atoms with van der Waals surface area (Å²) in [6.45, 7) is 2.53. The van der Waals surface area contributed by atoms with Gasteiger partial charge in [0.05, 0.1) is 5.69 Å².